The molecule has 1 aliphatic heterocycles. The molecule has 1 aliphatic rings. The highest BCUT2D eigenvalue weighted by Crippen LogP contribution is 2.30. The van der Waals surface area contributed by atoms with Gasteiger partial charge in [0, 0.05) is 43.3 Å². The quantitative estimate of drug-likeness (QED) is 0.658. The van der Waals surface area contributed by atoms with Crippen LogP contribution in [0, 0.1) is 5.41 Å². The van der Waals surface area contributed by atoms with Crippen molar-refractivity contribution in [1.29, 1.82) is 0 Å². The van der Waals surface area contributed by atoms with Crippen LogP contribution in [-0.2, 0) is 0 Å². The van der Waals surface area contributed by atoms with Crippen molar-refractivity contribution < 1.29 is 4.79 Å². The number of carbonyl (C=O) groups excluding carboxylic acids is 1. The van der Waals surface area contributed by atoms with Crippen molar-refractivity contribution in [2.75, 3.05) is 13.1 Å². The summed E-state index contributed by atoms with van der Waals surface area (Å²) < 4.78 is 1.76. The molecule has 30 heavy (non-hydrogen) atoms. The van der Waals surface area contributed by atoms with Gasteiger partial charge in [-0.25, -0.2) is 4.68 Å². The Morgan fingerprint density at radius 1 is 1.13 bits per heavy atom. The van der Waals surface area contributed by atoms with Crippen LogP contribution in [-0.4, -0.2) is 44.7 Å². The van der Waals surface area contributed by atoms with Gasteiger partial charge < -0.3 is 10.6 Å². The van der Waals surface area contributed by atoms with E-state index in [1.807, 2.05) is 53.6 Å². The van der Waals surface area contributed by atoms with Gasteiger partial charge in [-0.15, -0.1) is 24.8 Å². The summed E-state index contributed by atoms with van der Waals surface area (Å²) in [6, 6.07) is 13.7. The standard InChI is InChI=1S/C22H25N5O.2ClH/c1-22(2)15-26(12-10-19(22)23)21(28)18-14-27(17-8-4-3-5-9-17)25-20(18)16-7-6-11-24-13-16;;/h3-9,11,13-14,19H,10,12,15,23H2,1-2H3;2*1H. The first-order valence-corrected chi connectivity index (χ1v) is 9.56. The predicted octanol–water partition coefficient (Wildman–Crippen LogP) is 3.98. The highest BCUT2D eigenvalue weighted by Gasteiger charge is 2.36. The van der Waals surface area contributed by atoms with E-state index in [0.29, 0.717) is 24.3 Å². The van der Waals surface area contributed by atoms with Gasteiger partial charge in [-0.1, -0.05) is 32.0 Å². The number of rotatable bonds is 3. The van der Waals surface area contributed by atoms with Crippen molar-refractivity contribution in [3.05, 3.63) is 66.6 Å². The molecule has 1 amide bonds. The molecule has 1 atom stereocenters. The lowest BCUT2D eigenvalue weighted by Crippen LogP contribution is -2.54. The summed E-state index contributed by atoms with van der Waals surface area (Å²) in [5, 5.41) is 4.72. The highest BCUT2D eigenvalue weighted by atomic mass is 35.5. The zero-order chi connectivity index (χ0) is 19.7. The molecule has 4 rings (SSSR count). The lowest BCUT2D eigenvalue weighted by Gasteiger charge is -2.42. The summed E-state index contributed by atoms with van der Waals surface area (Å²) in [6.07, 6.45) is 6.08. The summed E-state index contributed by atoms with van der Waals surface area (Å²) in [4.78, 5) is 19.5. The number of nitrogens with zero attached hydrogens (tertiary/aromatic N) is 4. The van der Waals surface area contributed by atoms with E-state index >= 15 is 0 Å². The molecular weight excluding hydrogens is 421 g/mol. The molecule has 6 nitrogen and oxygen atoms in total. The molecule has 0 spiro atoms. The van der Waals surface area contributed by atoms with Crippen LogP contribution in [0.4, 0.5) is 0 Å². The molecule has 3 aromatic rings. The fourth-order valence-corrected chi connectivity index (χ4v) is 3.68. The minimum absolute atomic E-state index is 0. The second-order valence-electron chi connectivity index (χ2n) is 8.02. The van der Waals surface area contributed by atoms with Crippen molar-refractivity contribution >= 4 is 30.7 Å². The van der Waals surface area contributed by atoms with Crippen LogP contribution in [0.15, 0.2) is 61.1 Å². The molecule has 3 heterocycles. The predicted molar refractivity (Wildman–Crippen MR) is 124 cm³/mol. The molecule has 8 heteroatoms. The Bertz CT molecular complexity index is 976. The van der Waals surface area contributed by atoms with E-state index in [1.165, 1.54) is 0 Å². The van der Waals surface area contributed by atoms with Gasteiger partial charge in [0.15, 0.2) is 0 Å². The Kier molecular flexibility index (Phi) is 7.64. The number of para-hydroxylation sites is 1. The number of likely N-dealkylation sites (tertiary alicyclic amines) is 1. The number of carbonyl (C=O) groups is 1. The maximum Gasteiger partial charge on any atom is 0.257 e. The zero-order valence-electron chi connectivity index (χ0n) is 17.1. The number of nitrogens with two attached hydrogens (primary N) is 1. The van der Waals surface area contributed by atoms with Gasteiger partial charge in [0.1, 0.15) is 5.69 Å². The average molecular weight is 448 g/mol. The summed E-state index contributed by atoms with van der Waals surface area (Å²) in [7, 11) is 0. The van der Waals surface area contributed by atoms with E-state index in [0.717, 1.165) is 17.7 Å². The fraction of sp³-hybridized carbons (Fsp3) is 0.318. The Labute approximate surface area is 189 Å². The number of hydrogen-bond donors (Lipinski definition) is 1. The monoisotopic (exact) mass is 447 g/mol. The van der Waals surface area contributed by atoms with Gasteiger partial charge in [-0.05, 0) is 36.1 Å². The molecule has 1 saturated heterocycles. The van der Waals surface area contributed by atoms with Crippen LogP contribution in [0.2, 0.25) is 0 Å². The topological polar surface area (TPSA) is 77.0 Å². The third-order valence-corrected chi connectivity index (χ3v) is 5.50. The molecular formula is C22H27Cl2N5O. The Hall–Kier alpha value is -2.41. The first kappa shape index (κ1) is 23.9. The van der Waals surface area contributed by atoms with Crippen molar-refractivity contribution in [2.24, 2.45) is 11.1 Å². The second kappa shape index (κ2) is 9.60. The molecule has 0 radical (unpaired) electrons. The Balaban J connectivity index is 0.00000160. The van der Waals surface area contributed by atoms with E-state index < -0.39 is 0 Å². The number of amides is 1. The number of halogens is 2. The van der Waals surface area contributed by atoms with Crippen molar-refractivity contribution in [3.63, 3.8) is 0 Å². The van der Waals surface area contributed by atoms with Crippen molar-refractivity contribution in [1.82, 2.24) is 19.7 Å². The first-order valence-electron chi connectivity index (χ1n) is 9.56. The summed E-state index contributed by atoms with van der Waals surface area (Å²) >= 11 is 0. The number of pyridine rings is 1. The number of hydrogen-bond acceptors (Lipinski definition) is 4. The molecule has 0 aliphatic carbocycles. The molecule has 0 bridgehead atoms. The molecule has 1 unspecified atom stereocenters. The van der Waals surface area contributed by atoms with Crippen LogP contribution in [0.5, 0.6) is 0 Å². The lowest BCUT2D eigenvalue weighted by atomic mass is 9.79. The maximum absolute atomic E-state index is 13.4. The van der Waals surface area contributed by atoms with Gasteiger partial charge in [0.25, 0.3) is 5.91 Å². The van der Waals surface area contributed by atoms with Gasteiger partial charge in [0.05, 0.1) is 11.3 Å². The SMILES string of the molecule is CC1(C)CN(C(=O)c2cn(-c3ccccc3)nc2-c2cccnc2)CCC1N.Cl.Cl. The first-order chi connectivity index (χ1) is 13.5. The van der Waals surface area contributed by atoms with Crippen molar-refractivity contribution in [3.8, 4) is 16.9 Å². The molecule has 1 aromatic carbocycles. The molecule has 2 N–H and O–H groups in total. The summed E-state index contributed by atoms with van der Waals surface area (Å²) in [6.45, 7) is 5.53. The Morgan fingerprint density at radius 2 is 1.87 bits per heavy atom. The van der Waals surface area contributed by atoms with Gasteiger partial charge in [-0.3, -0.25) is 9.78 Å². The van der Waals surface area contributed by atoms with Crippen molar-refractivity contribution in [2.45, 2.75) is 26.3 Å². The molecule has 0 saturated carbocycles. The summed E-state index contributed by atoms with van der Waals surface area (Å²) in [5.41, 5.74) is 9.11. The normalized spacial score (nSPS) is 17.6. The number of benzene rings is 1. The van der Waals surface area contributed by atoms with Crippen LogP contribution < -0.4 is 5.73 Å². The van der Waals surface area contributed by atoms with Crippen LogP contribution in [0.1, 0.15) is 30.6 Å². The largest absolute Gasteiger partial charge is 0.338 e. The third kappa shape index (κ3) is 4.67. The zero-order valence-corrected chi connectivity index (χ0v) is 18.7. The van der Waals surface area contributed by atoms with E-state index in [-0.39, 0.29) is 42.2 Å². The van der Waals surface area contributed by atoms with Gasteiger partial charge >= 0.3 is 0 Å². The molecule has 2 aromatic heterocycles. The number of aromatic nitrogens is 3. The van der Waals surface area contributed by atoms with Crippen LogP contribution in [0.3, 0.4) is 0 Å². The van der Waals surface area contributed by atoms with Gasteiger partial charge in [0.2, 0.25) is 0 Å². The smallest absolute Gasteiger partial charge is 0.257 e. The number of piperidine rings is 1. The average Bonchev–Trinajstić information content (AvgIpc) is 3.16. The molecule has 160 valence electrons. The minimum atomic E-state index is -0.113. The van der Waals surface area contributed by atoms with E-state index in [9.17, 15) is 4.79 Å². The molecule has 1 fully saturated rings. The summed E-state index contributed by atoms with van der Waals surface area (Å²) in [5.74, 6) is -0.0130. The van der Waals surface area contributed by atoms with E-state index in [4.69, 9.17) is 10.8 Å². The van der Waals surface area contributed by atoms with Gasteiger partial charge in [-0.2, -0.15) is 5.10 Å². The third-order valence-electron chi connectivity index (χ3n) is 5.50. The Morgan fingerprint density at radius 3 is 2.50 bits per heavy atom. The second-order valence-corrected chi connectivity index (χ2v) is 8.02. The van der Waals surface area contributed by atoms with Crippen LogP contribution >= 0.6 is 24.8 Å². The van der Waals surface area contributed by atoms with Crippen LogP contribution in [0.25, 0.3) is 16.9 Å². The maximum atomic E-state index is 13.4. The minimum Gasteiger partial charge on any atom is -0.338 e. The fourth-order valence-electron chi connectivity index (χ4n) is 3.68. The lowest BCUT2D eigenvalue weighted by molar-refractivity contribution is 0.0533. The highest BCUT2D eigenvalue weighted by molar-refractivity contribution is 6.00. The van der Waals surface area contributed by atoms with E-state index in [1.54, 1.807) is 17.1 Å². The van der Waals surface area contributed by atoms with E-state index in [2.05, 4.69) is 18.8 Å².